The summed E-state index contributed by atoms with van der Waals surface area (Å²) in [6, 6.07) is 1.41. The van der Waals surface area contributed by atoms with Gasteiger partial charge >= 0.3 is 12.3 Å². The van der Waals surface area contributed by atoms with Gasteiger partial charge in [-0.15, -0.1) is 0 Å². The predicted octanol–water partition coefficient (Wildman–Crippen LogP) is 3.94. The number of ether oxygens (including phenoxy) is 1. The average molecular weight is 371 g/mol. The van der Waals surface area contributed by atoms with Gasteiger partial charge in [-0.3, -0.25) is 4.98 Å². The maximum atomic E-state index is 13.2. The van der Waals surface area contributed by atoms with Gasteiger partial charge in [0.2, 0.25) is 0 Å². The lowest BCUT2D eigenvalue weighted by atomic mass is 9.73. The Morgan fingerprint density at radius 1 is 1.23 bits per heavy atom. The number of halogens is 3. The molecule has 0 N–H and O–H groups in total. The van der Waals surface area contributed by atoms with Crippen LogP contribution in [0.1, 0.15) is 39.2 Å². The molecular weight excluding hydrogens is 347 g/mol. The molecule has 0 unspecified atom stereocenters. The van der Waals surface area contributed by atoms with E-state index < -0.39 is 17.3 Å². The van der Waals surface area contributed by atoms with Crippen LogP contribution >= 0.6 is 0 Å². The van der Waals surface area contributed by atoms with Crippen LogP contribution in [0.25, 0.3) is 0 Å². The van der Waals surface area contributed by atoms with Crippen LogP contribution in [0.5, 0.6) is 0 Å². The van der Waals surface area contributed by atoms with E-state index in [0.29, 0.717) is 26.2 Å². The number of amides is 1. The lowest BCUT2D eigenvalue weighted by Gasteiger charge is -2.55. The van der Waals surface area contributed by atoms with Crippen molar-refractivity contribution in [2.75, 3.05) is 31.1 Å². The topological polar surface area (TPSA) is 45.7 Å². The third-order valence-electron chi connectivity index (χ3n) is 4.81. The predicted molar refractivity (Wildman–Crippen MR) is 90.9 cm³/mol. The smallest absolute Gasteiger partial charge is 0.419 e. The molecule has 8 heteroatoms. The van der Waals surface area contributed by atoms with Gasteiger partial charge in [-0.25, -0.2) is 4.79 Å². The molecule has 1 amide bonds. The molecule has 5 nitrogen and oxygen atoms in total. The zero-order valence-electron chi connectivity index (χ0n) is 15.3. The first-order chi connectivity index (χ1) is 12.0. The van der Waals surface area contributed by atoms with Crippen molar-refractivity contribution in [2.24, 2.45) is 5.41 Å². The van der Waals surface area contributed by atoms with Crippen molar-refractivity contribution in [3.63, 3.8) is 0 Å². The second-order valence-electron chi connectivity index (χ2n) is 8.25. The Labute approximate surface area is 151 Å². The van der Waals surface area contributed by atoms with Crippen molar-refractivity contribution >= 4 is 11.8 Å². The fourth-order valence-corrected chi connectivity index (χ4v) is 3.76. The number of hydrogen-bond donors (Lipinski definition) is 0. The molecule has 0 bridgehead atoms. The number of hydrogen-bond acceptors (Lipinski definition) is 4. The number of aromatic nitrogens is 1. The summed E-state index contributed by atoms with van der Waals surface area (Å²) < 4.78 is 45.0. The highest BCUT2D eigenvalue weighted by atomic mass is 19.4. The number of alkyl halides is 3. The van der Waals surface area contributed by atoms with Gasteiger partial charge in [0.25, 0.3) is 0 Å². The van der Waals surface area contributed by atoms with Crippen molar-refractivity contribution < 1.29 is 22.7 Å². The van der Waals surface area contributed by atoms with Gasteiger partial charge in [0.05, 0.1) is 11.3 Å². The van der Waals surface area contributed by atoms with Gasteiger partial charge < -0.3 is 14.5 Å². The molecule has 1 aromatic heterocycles. The van der Waals surface area contributed by atoms with E-state index in [1.165, 1.54) is 12.3 Å². The van der Waals surface area contributed by atoms with Crippen LogP contribution in [0, 0.1) is 5.41 Å². The molecule has 0 aromatic carbocycles. The molecule has 1 spiro atoms. The molecule has 0 saturated carbocycles. The number of anilines is 1. The summed E-state index contributed by atoms with van der Waals surface area (Å²) in [5.74, 6) is 0. The maximum absolute atomic E-state index is 13.2. The second-order valence-corrected chi connectivity index (χ2v) is 8.25. The molecule has 2 aliphatic rings. The Balaban J connectivity index is 1.68. The van der Waals surface area contributed by atoms with Crippen LogP contribution in [0.4, 0.5) is 23.7 Å². The largest absolute Gasteiger partial charge is 0.444 e. The number of piperidine rings is 1. The van der Waals surface area contributed by atoms with E-state index >= 15 is 0 Å². The fraction of sp³-hybridized carbons (Fsp3) is 0.667. The van der Waals surface area contributed by atoms with Crippen LogP contribution in [-0.2, 0) is 10.9 Å². The Hall–Kier alpha value is -1.99. The lowest BCUT2D eigenvalue weighted by molar-refractivity contribution is -0.137. The minimum Gasteiger partial charge on any atom is -0.444 e. The summed E-state index contributed by atoms with van der Waals surface area (Å²) in [6.07, 6.45) is -0.806. The summed E-state index contributed by atoms with van der Waals surface area (Å²) in [5.41, 5.74) is -1.28. The van der Waals surface area contributed by atoms with E-state index in [-0.39, 0.29) is 17.2 Å². The molecule has 2 fully saturated rings. The summed E-state index contributed by atoms with van der Waals surface area (Å²) >= 11 is 0. The third kappa shape index (κ3) is 3.88. The van der Waals surface area contributed by atoms with Gasteiger partial charge in [0, 0.05) is 44.0 Å². The molecule has 1 aromatic rings. The van der Waals surface area contributed by atoms with E-state index in [9.17, 15) is 18.0 Å². The van der Waals surface area contributed by atoms with Crippen molar-refractivity contribution in [1.29, 1.82) is 0 Å². The first kappa shape index (κ1) is 18.8. The molecular formula is C18H24F3N3O2. The van der Waals surface area contributed by atoms with Crippen molar-refractivity contribution in [1.82, 2.24) is 9.88 Å². The van der Waals surface area contributed by atoms with Gasteiger partial charge in [-0.2, -0.15) is 13.2 Å². The quantitative estimate of drug-likeness (QED) is 0.750. The molecule has 0 aliphatic carbocycles. The molecule has 0 atom stereocenters. The highest BCUT2D eigenvalue weighted by Crippen LogP contribution is 2.45. The summed E-state index contributed by atoms with van der Waals surface area (Å²) in [5, 5.41) is 0. The molecule has 26 heavy (non-hydrogen) atoms. The minimum atomic E-state index is -4.43. The van der Waals surface area contributed by atoms with Crippen molar-refractivity contribution in [3.05, 3.63) is 24.0 Å². The highest BCUT2D eigenvalue weighted by molar-refractivity contribution is 5.68. The average Bonchev–Trinajstić information content (AvgIpc) is 2.50. The normalized spacial score (nSPS) is 20.1. The molecule has 2 aliphatic heterocycles. The van der Waals surface area contributed by atoms with E-state index in [2.05, 4.69) is 4.98 Å². The molecule has 3 heterocycles. The zero-order valence-corrected chi connectivity index (χ0v) is 15.3. The number of nitrogens with zero attached hydrogens (tertiary/aromatic N) is 3. The van der Waals surface area contributed by atoms with Crippen molar-refractivity contribution in [2.45, 2.75) is 45.4 Å². The van der Waals surface area contributed by atoms with Gasteiger partial charge in [-0.05, 0) is 39.7 Å². The number of carbonyl (C=O) groups excluding carboxylic acids is 1. The lowest BCUT2D eigenvalue weighted by Crippen LogP contribution is -2.64. The van der Waals surface area contributed by atoms with Gasteiger partial charge in [0.1, 0.15) is 5.60 Å². The first-order valence-corrected chi connectivity index (χ1v) is 8.73. The number of carbonyl (C=O) groups is 1. The molecule has 3 rings (SSSR count). The first-order valence-electron chi connectivity index (χ1n) is 8.73. The third-order valence-corrected chi connectivity index (χ3v) is 4.81. The van der Waals surface area contributed by atoms with E-state index in [0.717, 1.165) is 19.0 Å². The van der Waals surface area contributed by atoms with Gasteiger partial charge in [0.15, 0.2) is 0 Å². The highest BCUT2D eigenvalue weighted by Gasteiger charge is 2.49. The number of likely N-dealkylation sites (tertiary alicyclic amines) is 1. The molecule has 0 radical (unpaired) electrons. The van der Waals surface area contributed by atoms with Crippen LogP contribution in [0.15, 0.2) is 18.5 Å². The Kier molecular flexibility index (Phi) is 4.56. The SMILES string of the molecule is CC(C)(C)OC(=O)N1CCCC2(C1)CN(c1ccncc1C(F)(F)F)C2. The summed E-state index contributed by atoms with van der Waals surface area (Å²) in [4.78, 5) is 19.3. The van der Waals surface area contributed by atoms with Crippen LogP contribution in [0.2, 0.25) is 0 Å². The van der Waals surface area contributed by atoms with Crippen LogP contribution in [-0.4, -0.2) is 47.8 Å². The minimum absolute atomic E-state index is 0.160. The van der Waals surface area contributed by atoms with Gasteiger partial charge in [-0.1, -0.05) is 0 Å². The van der Waals surface area contributed by atoms with E-state index in [4.69, 9.17) is 4.74 Å². The van der Waals surface area contributed by atoms with Crippen LogP contribution < -0.4 is 4.90 Å². The number of pyridine rings is 1. The molecule has 2 saturated heterocycles. The molecule has 144 valence electrons. The fourth-order valence-electron chi connectivity index (χ4n) is 3.76. The Morgan fingerprint density at radius 2 is 1.92 bits per heavy atom. The van der Waals surface area contributed by atoms with E-state index in [1.54, 1.807) is 9.80 Å². The van der Waals surface area contributed by atoms with E-state index in [1.807, 2.05) is 20.8 Å². The standard InChI is InChI=1S/C18H24F3N3O2/c1-16(2,3)26-15(25)23-8-4-6-17(10-23)11-24(12-17)14-5-7-22-9-13(14)18(19,20)21/h5,7,9H,4,6,8,10-12H2,1-3H3. The number of rotatable bonds is 1. The maximum Gasteiger partial charge on any atom is 0.419 e. The second kappa shape index (κ2) is 6.32. The Morgan fingerprint density at radius 3 is 2.54 bits per heavy atom. The van der Waals surface area contributed by atoms with Crippen LogP contribution in [0.3, 0.4) is 0 Å². The van der Waals surface area contributed by atoms with Crippen molar-refractivity contribution in [3.8, 4) is 0 Å². The monoisotopic (exact) mass is 371 g/mol. The Bertz CT molecular complexity index is 679. The zero-order chi connectivity index (χ0) is 19.2. The summed E-state index contributed by atoms with van der Waals surface area (Å²) in [7, 11) is 0. The summed E-state index contributed by atoms with van der Waals surface area (Å²) in [6.45, 7) is 7.59.